The number of halogens is 1. The number of hydrogen-bond acceptors (Lipinski definition) is 2. The molecule has 0 radical (unpaired) electrons. The fourth-order valence-electron chi connectivity index (χ4n) is 1.66. The summed E-state index contributed by atoms with van der Waals surface area (Å²) in [6.07, 6.45) is 0.649. The van der Waals surface area contributed by atoms with Crippen molar-refractivity contribution in [1.82, 2.24) is 0 Å². The first-order chi connectivity index (χ1) is 8.38. The Morgan fingerprint density at radius 1 is 1.33 bits per heavy atom. The number of anilines is 1. The second-order valence-electron chi connectivity index (χ2n) is 5.30. The van der Waals surface area contributed by atoms with Gasteiger partial charge in [-0.3, -0.25) is 4.79 Å². The molecule has 0 aliphatic carbocycles. The van der Waals surface area contributed by atoms with Crippen LogP contribution in [-0.4, -0.2) is 19.0 Å². The van der Waals surface area contributed by atoms with Gasteiger partial charge in [0.05, 0.1) is 5.69 Å². The highest BCUT2D eigenvalue weighted by Crippen LogP contribution is 2.25. The second-order valence-corrected chi connectivity index (χ2v) is 5.30. The highest BCUT2D eigenvalue weighted by atomic mass is 19.1. The fraction of sp³-hybridized carbons (Fsp3) is 0.500. The minimum absolute atomic E-state index is 0.0962. The maximum Gasteiger partial charge on any atom is 0.232 e. The highest BCUT2D eigenvalue weighted by Gasteiger charge is 2.29. The van der Waals surface area contributed by atoms with Crippen LogP contribution >= 0.6 is 0 Å². The van der Waals surface area contributed by atoms with E-state index in [1.54, 1.807) is 18.2 Å². The molecule has 1 amide bonds. The number of benzene rings is 1. The third-order valence-electron chi connectivity index (χ3n) is 2.62. The Morgan fingerprint density at radius 3 is 2.44 bits per heavy atom. The number of rotatable bonds is 4. The maximum absolute atomic E-state index is 13.8. The van der Waals surface area contributed by atoms with Crippen LogP contribution in [0.5, 0.6) is 0 Å². The first-order valence-corrected chi connectivity index (χ1v) is 6.14. The SMILES string of the molecule is CC(C)(C)C(=O)N(CCCN)c1ccccc1F. The quantitative estimate of drug-likeness (QED) is 0.895. The molecule has 1 rings (SSSR count). The van der Waals surface area contributed by atoms with E-state index in [4.69, 9.17) is 5.73 Å². The Labute approximate surface area is 108 Å². The average Bonchev–Trinajstić information content (AvgIpc) is 2.30. The van der Waals surface area contributed by atoms with Crippen LogP contribution < -0.4 is 10.6 Å². The lowest BCUT2D eigenvalue weighted by Gasteiger charge is -2.29. The minimum Gasteiger partial charge on any atom is -0.330 e. The molecular weight excluding hydrogens is 231 g/mol. The van der Waals surface area contributed by atoms with Crippen LogP contribution in [0, 0.1) is 11.2 Å². The van der Waals surface area contributed by atoms with E-state index in [-0.39, 0.29) is 11.7 Å². The van der Waals surface area contributed by atoms with Crippen molar-refractivity contribution in [2.45, 2.75) is 27.2 Å². The van der Waals surface area contributed by atoms with E-state index in [0.29, 0.717) is 25.2 Å². The van der Waals surface area contributed by atoms with Gasteiger partial charge in [0.1, 0.15) is 5.82 Å². The normalized spacial score (nSPS) is 11.4. The summed E-state index contributed by atoms with van der Waals surface area (Å²) in [5.41, 5.74) is 5.25. The van der Waals surface area contributed by atoms with E-state index in [1.165, 1.54) is 11.0 Å². The maximum atomic E-state index is 13.8. The molecule has 100 valence electrons. The lowest BCUT2D eigenvalue weighted by atomic mass is 9.94. The molecule has 0 aliphatic rings. The number of carbonyl (C=O) groups is 1. The Kier molecular flexibility index (Phi) is 4.84. The van der Waals surface area contributed by atoms with Crippen molar-refractivity contribution in [3.63, 3.8) is 0 Å². The summed E-state index contributed by atoms with van der Waals surface area (Å²) in [5, 5.41) is 0. The van der Waals surface area contributed by atoms with E-state index in [2.05, 4.69) is 0 Å². The van der Waals surface area contributed by atoms with Gasteiger partial charge in [-0.05, 0) is 25.1 Å². The molecule has 0 saturated carbocycles. The summed E-state index contributed by atoms with van der Waals surface area (Å²) >= 11 is 0. The zero-order valence-corrected chi connectivity index (χ0v) is 11.2. The van der Waals surface area contributed by atoms with Gasteiger partial charge in [0, 0.05) is 12.0 Å². The predicted molar refractivity (Wildman–Crippen MR) is 71.9 cm³/mol. The van der Waals surface area contributed by atoms with Crippen molar-refractivity contribution in [3.05, 3.63) is 30.1 Å². The number of nitrogens with zero attached hydrogens (tertiary/aromatic N) is 1. The standard InChI is InChI=1S/C14H21FN2O/c1-14(2,3)13(18)17(10-6-9-16)12-8-5-4-7-11(12)15/h4-5,7-8H,6,9-10,16H2,1-3H3. The topological polar surface area (TPSA) is 46.3 Å². The average molecular weight is 252 g/mol. The van der Waals surface area contributed by atoms with Gasteiger partial charge < -0.3 is 10.6 Å². The summed E-state index contributed by atoms with van der Waals surface area (Å²) in [7, 11) is 0. The zero-order valence-electron chi connectivity index (χ0n) is 11.2. The van der Waals surface area contributed by atoms with Crippen LogP contribution in [0.15, 0.2) is 24.3 Å². The summed E-state index contributed by atoms with van der Waals surface area (Å²) in [4.78, 5) is 13.8. The molecule has 3 nitrogen and oxygen atoms in total. The van der Waals surface area contributed by atoms with Gasteiger partial charge in [-0.1, -0.05) is 32.9 Å². The largest absolute Gasteiger partial charge is 0.330 e. The van der Waals surface area contributed by atoms with Gasteiger partial charge >= 0.3 is 0 Å². The predicted octanol–water partition coefficient (Wildman–Crippen LogP) is 2.55. The lowest BCUT2D eigenvalue weighted by molar-refractivity contribution is -0.125. The van der Waals surface area contributed by atoms with E-state index in [9.17, 15) is 9.18 Å². The first kappa shape index (κ1) is 14.6. The van der Waals surface area contributed by atoms with Gasteiger partial charge in [-0.25, -0.2) is 4.39 Å². The summed E-state index contributed by atoms with van der Waals surface area (Å²) in [6, 6.07) is 6.32. The number of nitrogens with two attached hydrogens (primary N) is 1. The highest BCUT2D eigenvalue weighted by molar-refractivity contribution is 5.96. The Morgan fingerprint density at radius 2 is 1.94 bits per heavy atom. The molecule has 18 heavy (non-hydrogen) atoms. The van der Waals surface area contributed by atoms with Crippen molar-refractivity contribution in [2.24, 2.45) is 11.1 Å². The van der Waals surface area contributed by atoms with Crippen molar-refractivity contribution < 1.29 is 9.18 Å². The molecule has 0 atom stereocenters. The number of para-hydroxylation sites is 1. The molecular formula is C14H21FN2O. The van der Waals surface area contributed by atoms with Gasteiger partial charge in [0.25, 0.3) is 0 Å². The van der Waals surface area contributed by atoms with Crippen LogP contribution in [0.3, 0.4) is 0 Å². The third-order valence-corrected chi connectivity index (χ3v) is 2.62. The zero-order chi connectivity index (χ0) is 13.8. The van der Waals surface area contributed by atoms with Crippen LogP contribution in [-0.2, 0) is 4.79 Å². The molecule has 0 aromatic heterocycles. The van der Waals surface area contributed by atoms with Crippen molar-refractivity contribution in [2.75, 3.05) is 18.0 Å². The molecule has 0 spiro atoms. The number of carbonyl (C=O) groups excluding carboxylic acids is 1. The molecule has 1 aromatic rings. The number of hydrogen-bond donors (Lipinski definition) is 1. The molecule has 1 aromatic carbocycles. The Balaban J connectivity index is 3.06. The molecule has 0 aliphatic heterocycles. The third kappa shape index (κ3) is 3.53. The summed E-state index contributed by atoms with van der Waals surface area (Å²) in [5.74, 6) is -0.479. The van der Waals surface area contributed by atoms with E-state index < -0.39 is 5.41 Å². The van der Waals surface area contributed by atoms with E-state index in [1.807, 2.05) is 20.8 Å². The van der Waals surface area contributed by atoms with Crippen molar-refractivity contribution in [1.29, 1.82) is 0 Å². The van der Waals surface area contributed by atoms with E-state index in [0.717, 1.165) is 0 Å². The fourth-order valence-corrected chi connectivity index (χ4v) is 1.66. The van der Waals surface area contributed by atoms with Crippen molar-refractivity contribution >= 4 is 11.6 Å². The second kappa shape index (κ2) is 5.96. The smallest absolute Gasteiger partial charge is 0.232 e. The minimum atomic E-state index is -0.545. The summed E-state index contributed by atoms with van der Waals surface area (Å²) in [6.45, 7) is 6.39. The molecule has 2 N–H and O–H groups in total. The van der Waals surface area contributed by atoms with Gasteiger partial charge in [-0.15, -0.1) is 0 Å². The lowest BCUT2D eigenvalue weighted by Crippen LogP contribution is -2.41. The van der Waals surface area contributed by atoms with Crippen LogP contribution in [0.1, 0.15) is 27.2 Å². The van der Waals surface area contributed by atoms with Gasteiger partial charge in [-0.2, -0.15) is 0 Å². The molecule has 0 unspecified atom stereocenters. The van der Waals surface area contributed by atoms with Gasteiger partial charge in [0.2, 0.25) is 5.91 Å². The molecule has 0 saturated heterocycles. The van der Waals surface area contributed by atoms with Crippen molar-refractivity contribution in [3.8, 4) is 0 Å². The molecule has 0 heterocycles. The van der Waals surface area contributed by atoms with Gasteiger partial charge in [0.15, 0.2) is 0 Å². The number of amides is 1. The summed E-state index contributed by atoms with van der Waals surface area (Å²) < 4.78 is 13.8. The molecule has 4 heteroatoms. The van der Waals surface area contributed by atoms with Crippen LogP contribution in [0.2, 0.25) is 0 Å². The van der Waals surface area contributed by atoms with E-state index >= 15 is 0 Å². The monoisotopic (exact) mass is 252 g/mol. The Bertz CT molecular complexity index is 413. The molecule has 0 bridgehead atoms. The van der Waals surface area contributed by atoms with Crippen LogP contribution in [0.4, 0.5) is 10.1 Å². The molecule has 0 fully saturated rings. The first-order valence-electron chi connectivity index (χ1n) is 6.14. The Hall–Kier alpha value is -1.42. The van der Waals surface area contributed by atoms with Crippen LogP contribution in [0.25, 0.3) is 0 Å².